The van der Waals surface area contributed by atoms with E-state index in [2.05, 4.69) is 15.8 Å². The number of phenolic OH excluding ortho intramolecular Hbond substituents is 2. The van der Waals surface area contributed by atoms with E-state index in [1.165, 1.54) is 43.7 Å². The molecule has 6 nitrogen and oxygen atoms in total. The Morgan fingerprint density at radius 2 is 2.05 bits per heavy atom. The summed E-state index contributed by atoms with van der Waals surface area (Å²) in [7, 11) is 0. The molecule has 0 aliphatic heterocycles. The summed E-state index contributed by atoms with van der Waals surface area (Å²) in [6, 6.07) is 4.59. The molecule has 0 saturated heterocycles. The van der Waals surface area contributed by atoms with E-state index >= 15 is 0 Å². The average molecular weight is 291 g/mol. The van der Waals surface area contributed by atoms with Crippen molar-refractivity contribution in [2.45, 2.75) is 38.1 Å². The highest BCUT2D eigenvalue weighted by molar-refractivity contribution is 5.85. The highest BCUT2D eigenvalue weighted by Gasteiger charge is 2.13. The Labute approximate surface area is 123 Å². The first-order valence-corrected chi connectivity index (χ1v) is 7.22. The third-order valence-corrected chi connectivity index (χ3v) is 3.56. The molecule has 0 bridgehead atoms. The number of hydrazone groups is 1. The van der Waals surface area contributed by atoms with Crippen molar-refractivity contribution in [3.05, 3.63) is 23.8 Å². The summed E-state index contributed by atoms with van der Waals surface area (Å²) in [5.74, 6) is -0.325. The number of rotatable bonds is 5. The maximum atomic E-state index is 11.6. The number of aromatic hydroxyl groups is 2. The fraction of sp³-hybridized carbons (Fsp3) is 0.467. The standard InChI is InChI=1S/C15H21N3O3/c19-13-7-6-11(14(20)8-13)9-17-18-15(21)10-16-12-4-2-1-3-5-12/h6-9,12,16,19-20H,1-5,10H2,(H,18,21)/b17-9-. The van der Waals surface area contributed by atoms with Crippen LogP contribution in [0.4, 0.5) is 0 Å². The van der Waals surface area contributed by atoms with Gasteiger partial charge in [0.2, 0.25) is 0 Å². The lowest BCUT2D eigenvalue weighted by molar-refractivity contribution is -0.120. The van der Waals surface area contributed by atoms with Crippen LogP contribution >= 0.6 is 0 Å². The molecule has 4 N–H and O–H groups in total. The third-order valence-electron chi connectivity index (χ3n) is 3.56. The highest BCUT2D eigenvalue weighted by Crippen LogP contribution is 2.20. The van der Waals surface area contributed by atoms with E-state index in [0.717, 1.165) is 12.8 Å². The quantitative estimate of drug-likeness (QED) is 0.488. The molecule has 6 heteroatoms. The molecule has 0 atom stereocenters. The smallest absolute Gasteiger partial charge is 0.254 e. The molecule has 1 aliphatic carbocycles. The molecule has 1 saturated carbocycles. The van der Waals surface area contributed by atoms with Crippen molar-refractivity contribution in [1.29, 1.82) is 0 Å². The summed E-state index contributed by atoms with van der Waals surface area (Å²) in [5, 5.41) is 25.7. The van der Waals surface area contributed by atoms with Crippen LogP contribution in [0.1, 0.15) is 37.7 Å². The van der Waals surface area contributed by atoms with E-state index in [0.29, 0.717) is 11.6 Å². The van der Waals surface area contributed by atoms with Crippen molar-refractivity contribution in [3.63, 3.8) is 0 Å². The zero-order chi connectivity index (χ0) is 15.1. The second-order valence-corrected chi connectivity index (χ2v) is 5.25. The minimum Gasteiger partial charge on any atom is -0.508 e. The van der Waals surface area contributed by atoms with Gasteiger partial charge in [-0.1, -0.05) is 19.3 Å². The maximum absolute atomic E-state index is 11.6. The lowest BCUT2D eigenvalue weighted by atomic mass is 9.95. The van der Waals surface area contributed by atoms with Crippen LogP contribution < -0.4 is 10.7 Å². The Kier molecular flexibility index (Phi) is 5.57. The van der Waals surface area contributed by atoms with Gasteiger partial charge in [-0.2, -0.15) is 5.10 Å². The highest BCUT2D eigenvalue weighted by atomic mass is 16.3. The number of nitrogens with one attached hydrogen (secondary N) is 2. The van der Waals surface area contributed by atoms with E-state index in [1.54, 1.807) is 0 Å². The Bertz CT molecular complexity index is 511. The van der Waals surface area contributed by atoms with E-state index < -0.39 is 0 Å². The van der Waals surface area contributed by atoms with Crippen molar-refractivity contribution >= 4 is 12.1 Å². The van der Waals surface area contributed by atoms with Crippen LogP contribution in [0.15, 0.2) is 23.3 Å². The summed E-state index contributed by atoms with van der Waals surface area (Å²) < 4.78 is 0. The molecule has 2 rings (SSSR count). The molecule has 0 unspecified atom stereocenters. The Hall–Kier alpha value is -2.08. The van der Waals surface area contributed by atoms with E-state index in [-0.39, 0.29) is 24.0 Å². The lowest BCUT2D eigenvalue weighted by Crippen LogP contribution is -2.38. The third kappa shape index (κ3) is 5.07. The van der Waals surface area contributed by atoms with Gasteiger partial charge in [-0.15, -0.1) is 0 Å². The number of carbonyl (C=O) groups is 1. The Morgan fingerprint density at radius 1 is 1.29 bits per heavy atom. The zero-order valence-corrected chi connectivity index (χ0v) is 11.9. The van der Waals surface area contributed by atoms with Crippen LogP contribution in [0.2, 0.25) is 0 Å². The Balaban J connectivity index is 1.73. The van der Waals surface area contributed by atoms with Gasteiger partial charge < -0.3 is 15.5 Å². The topological polar surface area (TPSA) is 94.0 Å². The molecule has 0 aromatic heterocycles. The molecule has 0 spiro atoms. The van der Waals surface area contributed by atoms with Crippen LogP contribution in [-0.2, 0) is 4.79 Å². The number of benzene rings is 1. The van der Waals surface area contributed by atoms with Crippen molar-refractivity contribution in [1.82, 2.24) is 10.7 Å². The van der Waals surface area contributed by atoms with Crippen molar-refractivity contribution in [2.24, 2.45) is 5.10 Å². The molecule has 21 heavy (non-hydrogen) atoms. The molecule has 114 valence electrons. The minimum absolute atomic E-state index is 0.0228. The molecule has 0 heterocycles. The van der Waals surface area contributed by atoms with Crippen molar-refractivity contribution in [3.8, 4) is 11.5 Å². The summed E-state index contributed by atoms with van der Waals surface area (Å²) in [6.07, 6.45) is 7.31. The molecule has 1 aliphatic rings. The fourth-order valence-electron chi connectivity index (χ4n) is 2.40. The van der Waals surface area contributed by atoms with Crippen LogP contribution in [0, 0.1) is 0 Å². The van der Waals surface area contributed by atoms with Crippen molar-refractivity contribution < 1.29 is 15.0 Å². The van der Waals surface area contributed by atoms with Crippen LogP contribution in [-0.4, -0.2) is 34.9 Å². The molecule has 0 radical (unpaired) electrons. The number of amides is 1. The Morgan fingerprint density at radius 3 is 2.76 bits per heavy atom. The van der Waals surface area contributed by atoms with Gasteiger partial charge in [-0.25, -0.2) is 5.43 Å². The maximum Gasteiger partial charge on any atom is 0.254 e. The van der Waals surface area contributed by atoms with Crippen LogP contribution in [0.5, 0.6) is 11.5 Å². The van der Waals surface area contributed by atoms with Crippen molar-refractivity contribution in [2.75, 3.05) is 6.54 Å². The number of hydrogen-bond donors (Lipinski definition) is 4. The van der Waals surface area contributed by atoms with E-state index in [9.17, 15) is 9.90 Å². The summed E-state index contributed by atoms with van der Waals surface area (Å²) in [6.45, 7) is 0.240. The largest absolute Gasteiger partial charge is 0.508 e. The van der Waals surface area contributed by atoms with E-state index in [1.807, 2.05) is 0 Å². The summed E-state index contributed by atoms with van der Waals surface area (Å²) in [5.41, 5.74) is 2.83. The molecule has 1 amide bonds. The van der Waals surface area contributed by atoms with Gasteiger partial charge >= 0.3 is 0 Å². The van der Waals surface area contributed by atoms with Gasteiger partial charge in [0.05, 0.1) is 12.8 Å². The average Bonchev–Trinajstić information content (AvgIpc) is 2.48. The fourth-order valence-corrected chi connectivity index (χ4v) is 2.40. The van der Waals surface area contributed by atoms with Gasteiger partial charge in [0.1, 0.15) is 11.5 Å². The zero-order valence-electron chi connectivity index (χ0n) is 11.9. The molecular formula is C15H21N3O3. The first-order chi connectivity index (χ1) is 10.1. The van der Waals surface area contributed by atoms with Gasteiger partial charge in [0.25, 0.3) is 5.91 Å². The predicted octanol–water partition coefficient (Wildman–Crippen LogP) is 1.47. The number of nitrogens with zero attached hydrogens (tertiary/aromatic N) is 1. The first-order valence-electron chi connectivity index (χ1n) is 7.22. The molecule has 1 aromatic rings. The number of phenols is 2. The normalized spacial score (nSPS) is 16.2. The number of carbonyl (C=O) groups excluding carboxylic acids is 1. The second-order valence-electron chi connectivity index (χ2n) is 5.25. The van der Waals surface area contributed by atoms with E-state index in [4.69, 9.17) is 5.11 Å². The van der Waals surface area contributed by atoms with Gasteiger partial charge in [-0.05, 0) is 25.0 Å². The van der Waals surface area contributed by atoms with Gasteiger partial charge in [-0.3, -0.25) is 4.79 Å². The van der Waals surface area contributed by atoms with Gasteiger partial charge in [0, 0.05) is 17.7 Å². The summed E-state index contributed by atoms with van der Waals surface area (Å²) in [4.78, 5) is 11.6. The first kappa shape index (κ1) is 15.3. The second kappa shape index (κ2) is 7.64. The van der Waals surface area contributed by atoms with Crippen LogP contribution in [0.3, 0.4) is 0 Å². The molecular weight excluding hydrogens is 270 g/mol. The molecule has 1 fully saturated rings. The summed E-state index contributed by atoms with van der Waals surface area (Å²) >= 11 is 0. The molecule has 1 aromatic carbocycles. The van der Waals surface area contributed by atoms with Crippen LogP contribution in [0.25, 0.3) is 0 Å². The lowest BCUT2D eigenvalue weighted by Gasteiger charge is -2.22. The predicted molar refractivity (Wildman–Crippen MR) is 80.4 cm³/mol. The monoisotopic (exact) mass is 291 g/mol. The van der Waals surface area contributed by atoms with Gasteiger partial charge in [0.15, 0.2) is 0 Å². The minimum atomic E-state index is -0.213. The number of hydrogen-bond acceptors (Lipinski definition) is 5. The SMILES string of the molecule is O=C(CNC1CCCCC1)N/N=C\c1ccc(O)cc1O.